The Hall–Kier alpha value is -2.87. The lowest BCUT2D eigenvalue weighted by molar-refractivity contribution is -0.115. The van der Waals surface area contributed by atoms with Gasteiger partial charge in [0.2, 0.25) is 5.91 Å². The molecule has 0 aromatic heterocycles. The van der Waals surface area contributed by atoms with E-state index in [-0.39, 0.29) is 4.90 Å². The van der Waals surface area contributed by atoms with E-state index >= 15 is 0 Å². The molecular weight excluding hydrogens is 428 g/mol. The van der Waals surface area contributed by atoms with Crippen LogP contribution in [0.2, 0.25) is 0 Å². The third-order valence-electron chi connectivity index (χ3n) is 5.70. The van der Waals surface area contributed by atoms with Crippen LogP contribution in [0.3, 0.4) is 0 Å². The molecule has 0 atom stereocenters. The fourth-order valence-corrected chi connectivity index (χ4v) is 5.67. The summed E-state index contributed by atoms with van der Waals surface area (Å²) >= 11 is 0. The number of aliphatic imine (C=N–C) groups is 1. The summed E-state index contributed by atoms with van der Waals surface area (Å²) in [5, 5.41) is 0. The predicted molar refractivity (Wildman–Crippen MR) is 123 cm³/mol. The Morgan fingerprint density at radius 1 is 1.19 bits per heavy atom. The number of fused-ring (bicyclic) bond motifs is 3. The fraction of sp³-hybridized carbons (Fsp3) is 0.417. The highest BCUT2D eigenvalue weighted by atomic mass is 32.2. The maximum Gasteiger partial charge on any atom is 0.233 e. The van der Waals surface area contributed by atoms with Crippen molar-refractivity contribution in [1.82, 2.24) is 0 Å². The van der Waals surface area contributed by atoms with Crippen molar-refractivity contribution in [3.8, 4) is 11.5 Å². The smallest absolute Gasteiger partial charge is 0.233 e. The van der Waals surface area contributed by atoms with Crippen molar-refractivity contribution in [3.05, 3.63) is 52.6 Å². The molecule has 0 fully saturated rings. The molecule has 2 aliphatic heterocycles. The highest BCUT2D eigenvalue weighted by Gasteiger charge is 2.39. The number of methoxy groups -OCH3 is 1. The third-order valence-corrected chi connectivity index (χ3v) is 7.34. The lowest BCUT2D eigenvalue weighted by Crippen LogP contribution is -2.31. The van der Waals surface area contributed by atoms with Crippen molar-refractivity contribution < 1.29 is 22.7 Å². The van der Waals surface area contributed by atoms with Crippen LogP contribution in [-0.2, 0) is 27.5 Å². The van der Waals surface area contributed by atoms with E-state index in [9.17, 15) is 13.2 Å². The first kappa shape index (κ1) is 22.3. The van der Waals surface area contributed by atoms with Crippen LogP contribution >= 0.6 is 0 Å². The molecule has 0 spiro atoms. The predicted octanol–water partition coefficient (Wildman–Crippen LogP) is 2.84. The zero-order valence-corrected chi connectivity index (χ0v) is 19.8. The molecule has 4 rings (SSSR count). The number of sulfone groups is 1. The van der Waals surface area contributed by atoms with Crippen LogP contribution in [0.15, 0.2) is 40.2 Å². The van der Waals surface area contributed by atoms with Crippen molar-refractivity contribution in [1.29, 1.82) is 0 Å². The first-order valence-corrected chi connectivity index (χ1v) is 12.1. The number of amides is 1. The molecule has 7 nitrogen and oxygen atoms in total. The second kappa shape index (κ2) is 7.33. The van der Waals surface area contributed by atoms with Crippen LogP contribution in [-0.4, -0.2) is 44.0 Å². The minimum absolute atomic E-state index is 0.0446. The first-order valence-electron chi connectivity index (χ1n) is 10.5. The van der Waals surface area contributed by atoms with Crippen LogP contribution in [0, 0.1) is 0 Å². The lowest BCUT2D eigenvalue weighted by Gasteiger charge is -2.31. The van der Waals surface area contributed by atoms with Gasteiger partial charge in [-0.05, 0) is 57.9 Å². The summed E-state index contributed by atoms with van der Waals surface area (Å²) in [5.41, 5.74) is 8.81. The number of benzene rings is 2. The van der Waals surface area contributed by atoms with Gasteiger partial charge in [-0.1, -0.05) is 12.1 Å². The normalized spacial score (nSPS) is 18.2. The number of rotatable bonds is 5. The van der Waals surface area contributed by atoms with Crippen molar-refractivity contribution in [3.63, 3.8) is 0 Å². The summed E-state index contributed by atoms with van der Waals surface area (Å²) in [6.45, 7) is 8.15. The van der Waals surface area contributed by atoms with Gasteiger partial charge in [0.15, 0.2) is 21.3 Å². The molecule has 2 aliphatic rings. The standard InChI is InChI=1S/C24H28N2O5S/c1-23(2)11-15-10-18(30-5)22-17(12-24(3,4)31-22)20(15)21(26-23)14-7-6-8-16(9-14)32(28,29)13-19(25)27/h6-10H,11-13H2,1-5H3,(H2,25,27). The van der Waals surface area contributed by atoms with E-state index in [1.54, 1.807) is 19.2 Å². The topological polar surface area (TPSA) is 108 Å². The van der Waals surface area contributed by atoms with E-state index in [4.69, 9.17) is 20.2 Å². The Labute approximate surface area is 188 Å². The monoisotopic (exact) mass is 456 g/mol. The summed E-state index contributed by atoms with van der Waals surface area (Å²) in [5.74, 6) is -0.221. The Balaban J connectivity index is 1.93. The van der Waals surface area contributed by atoms with Gasteiger partial charge >= 0.3 is 0 Å². The zero-order valence-electron chi connectivity index (χ0n) is 19.0. The van der Waals surface area contributed by atoms with Crippen LogP contribution in [0.25, 0.3) is 0 Å². The van der Waals surface area contributed by atoms with Gasteiger partial charge in [-0.3, -0.25) is 9.79 Å². The van der Waals surface area contributed by atoms with Gasteiger partial charge in [0, 0.05) is 23.1 Å². The second-order valence-corrected chi connectivity index (χ2v) is 11.7. The quantitative estimate of drug-likeness (QED) is 0.744. The number of carbonyl (C=O) groups is 1. The molecule has 2 heterocycles. The van der Waals surface area contributed by atoms with Gasteiger partial charge in [0.05, 0.1) is 23.3 Å². The summed E-state index contributed by atoms with van der Waals surface area (Å²) < 4.78 is 37.1. The number of hydrogen-bond donors (Lipinski definition) is 1. The molecule has 170 valence electrons. The number of hydrogen-bond acceptors (Lipinski definition) is 6. The van der Waals surface area contributed by atoms with Gasteiger partial charge in [0.25, 0.3) is 0 Å². The second-order valence-electron chi connectivity index (χ2n) is 9.66. The molecule has 32 heavy (non-hydrogen) atoms. The maximum atomic E-state index is 12.6. The lowest BCUT2D eigenvalue weighted by atomic mass is 9.81. The highest BCUT2D eigenvalue weighted by Crippen LogP contribution is 2.47. The first-order chi connectivity index (χ1) is 14.8. The molecule has 0 bridgehead atoms. The van der Waals surface area contributed by atoms with E-state index in [1.807, 2.05) is 39.8 Å². The molecule has 2 aromatic rings. The highest BCUT2D eigenvalue weighted by molar-refractivity contribution is 7.92. The molecule has 0 saturated carbocycles. The fourth-order valence-electron chi connectivity index (χ4n) is 4.54. The molecule has 0 saturated heterocycles. The van der Waals surface area contributed by atoms with E-state index in [0.717, 1.165) is 23.1 Å². The Morgan fingerprint density at radius 3 is 2.56 bits per heavy atom. The number of nitrogens with zero attached hydrogens (tertiary/aromatic N) is 1. The van der Waals surface area contributed by atoms with E-state index in [2.05, 4.69) is 0 Å². The number of primary amides is 1. The Bertz CT molecular complexity index is 1260. The van der Waals surface area contributed by atoms with Gasteiger partial charge in [-0.15, -0.1) is 0 Å². The molecule has 8 heteroatoms. The zero-order chi connectivity index (χ0) is 23.5. The van der Waals surface area contributed by atoms with Gasteiger partial charge in [-0.25, -0.2) is 8.42 Å². The molecule has 2 N–H and O–H groups in total. The van der Waals surface area contributed by atoms with Crippen molar-refractivity contribution >= 4 is 21.5 Å². The van der Waals surface area contributed by atoms with Crippen LogP contribution in [0.1, 0.15) is 49.9 Å². The summed E-state index contributed by atoms with van der Waals surface area (Å²) in [7, 11) is -2.21. The summed E-state index contributed by atoms with van der Waals surface area (Å²) in [4.78, 5) is 16.3. The largest absolute Gasteiger partial charge is 0.493 e. The number of ether oxygens (including phenoxy) is 2. The molecule has 0 unspecified atom stereocenters. The van der Waals surface area contributed by atoms with Gasteiger partial charge in [0.1, 0.15) is 11.4 Å². The molecular formula is C24H28N2O5S. The minimum Gasteiger partial charge on any atom is -0.493 e. The van der Waals surface area contributed by atoms with Gasteiger partial charge in [-0.2, -0.15) is 0 Å². The Morgan fingerprint density at radius 2 is 1.91 bits per heavy atom. The Kier molecular flexibility index (Phi) is 5.12. The average Bonchev–Trinajstić information content (AvgIpc) is 2.99. The minimum atomic E-state index is -3.84. The van der Waals surface area contributed by atoms with Crippen LogP contribution in [0.5, 0.6) is 11.5 Å². The van der Waals surface area contributed by atoms with Crippen molar-refractivity contribution in [2.45, 2.75) is 56.6 Å². The van der Waals surface area contributed by atoms with Gasteiger partial charge < -0.3 is 15.2 Å². The third kappa shape index (κ3) is 3.99. The number of carbonyl (C=O) groups excluding carboxylic acids is 1. The van der Waals surface area contributed by atoms with E-state index in [0.29, 0.717) is 29.2 Å². The molecule has 0 radical (unpaired) electrons. The molecule has 0 aliphatic carbocycles. The average molecular weight is 457 g/mol. The van der Waals surface area contributed by atoms with E-state index < -0.39 is 32.6 Å². The van der Waals surface area contributed by atoms with Crippen molar-refractivity contribution in [2.75, 3.05) is 12.9 Å². The maximum absolute atomic E-state index is 12.6. The SMILES string of the molecule is COc1cc2c(c3c1OC(C)(C)C3)C(c1cccc(S(=O)(=O)CC(N)=O)c1)=NC(C)(C)C2. The number of nitrogens with two attached hydrogens (primary N) is 1. The van der Waals surface area contributed by atoms with Crippen molar-refractivity contribution in [2.24, 2.45) is 10.7 Å². The molecule has 2 aromatic carbocycles. The van der Waals surface area contributed by atoms with Crippen LogP contribution < -0.4 is 15.2 Å². The summed E-state index contributed by atoms with van der Waals surface area (Å²) in [6, 6.07) is 8.55. The summed E-state index contributed by atoms with van der Waals surface area (Å²) in [6.07, 6.45) is 1.40. The van der Waals surface area contributed by atoms with Crippen LogP contribution in [0.4, 0.5) is 0 Å². The molecule has 1 amide bonds. The van der Waals surface area contributed by atoms with E-state index in [1.165, 1.54) is 6.07 Å².